The molecule has 4 heteroatoms. The van der Waals surface area contributed by atoms with Crippen LogP contribution in [-0.4, -0.2) is 18.8 Å². The Labute approximate surface area is 178 Å². The number of allylic oxidation sites excluding steroid dienone is 3. The zero-order chi connectivity index (χ0) is 20.7. The molecular weight excluding hydrogens is 374 g/mol. The van der Waals surface area contributed by atoms with E-state index in [2.05, 4.69) is 42.6 Å². The number of benzene rings is 2. The van der Waals surface area contributed by atoms with E-state index in [0.717, 1.165) is 49.1 Å². The first-order valence-corrected chi connectivity index (χ1v) is 11.0. The number of hydrogen-bond donors (Lipinski definition) is 2. The molecule has 3 aliphatic rings. The van der Waals surface area contributed by atoms with Crippen LogP contribution in [0.1, 0.15) is 56.3 Å². The topological polar surface area (TPSA) is 50.7 Å². The Morgan fingerprint density at radius 3 is 2.90 bits per heavy atom. The lowest BCUT2D eigenvalue weighted by Crippen LogP contribution is -2.25. The maximum absolute atomic E-state index is 10.5. The standard InChI is InChI=1S/C26H29NO3/c1-3-16-14-15-27-19-11-10-18-23-21(13-12-20(28)26(23)29-2)30-25(24(18)22(16)19)17-8-6-4-5-7-9-17/h4,6,10-14,17,25,27-28H,3,5,7-9,15H2,1-2H3/t17?,25-/m0/s1. The Bertz CT molecular complexity index is 1040. The molecule has 0 fully saturated rings. The van der Waals surface area contributed by atoms with Gasteiger partial charge >= 0.3 is 0 Å². The second-order valence-electron chi connectivity index (χ2n) is 8.34. The molecule has 0 bridgehead atoms. The van der Waals surface area contributed by atoms with Crippen molar-refractivity contribution in [1.29, 1.82) is 0 Å². The van der Waals surface area contributed by atoms with Crippen molar-refractivity contribution >= 4 is 11.3 Å². The van der Waals surface area contributed by atoms with Gasteiger partial charge in [-0.2, -0.15) is 0 Å². The predicted molar refractivity (Wildman–Crippen MR) is 121 cm³/mol. The van der Waals surface area contributed by atoms with Gasteiger partial charge in [-0.3, -0.25) is 0 Å². The molecule has 2 N–H and O–H groups in total. The van der Waals surface area contributed by atoms with E-state index in [1.54, 1.807) is 13.2 Å². The number of anilines is 1. The van der Waals surface area contributed by atoms with Crippen molar-refractivity contribution in [3.63, 3.8) is 0 Å². The molecule has 156 valence electrons. The van der Waals surface area contributed by atoms with Crippen molar-refractivity contribution in [3.8, 4) is 28.4 Å². The van der Waals surface area contributed by atoms with Gasteiger partial charge < -0.3 is 19.9 Å². The van der Waals surface area contributed by atoms with Crippen LogP contribution < -0.4 is 14.8 Å². The number of aromatic hydroxyl groups is 1. The minimum atomic E-state index is -0.0192. The van der Waals surface area contributed by atoms with Gasteiger partial charge in [-0.15, -0.1) is 0 Å². The first-order valence-electron chi connectivity index (χ1n) is 11.0. The van der Waals surface area contributed by atoms with Gasteiger partial charge in [-0.1, -0.05) is 31.2 Å². The van der Waals surface area contributed by atoms with Crippen molar-refractivity contribution in [2.24, 2.45) is 5.92 Å². The summed E-state index contributed by atoms with van der Waals surface area (Å²) in [7, 11) is 1.61. The molecule has 0 amide bonds. The van der Waals surface area contributed by atoms with Crippen LogP contribution in [0.4, 0.5) is 5.69 Å². The number of methoxy groups -OCH3 is 1. The van der Waals surface area contributed by atoms with E-state index in [4.69, 9.17) is 9.47 Å². The summed E-state index contributed by atoms with van der Waals surface area (Å²) in [5.41, 5.74) is 7.02. The maximum Gasteiger partial charge on any atom is 0.172 e. The van der Waals surface area contributed by atoms with Crippen LogP contribution in [0.3, 0.4) is 0 Å². The molecule has 1 unspecified atom stereocenters. The van der Waals surface area contributed by atoms with Crippen LogP contribution in [0.15, 0.2) is 42.5 Å². The van der Waals surface area contributed by atoms with E-state index < -0.39 is 0 Å². The molecule has 1 aliphatic carbocycles. The minimum Gasteiger partial charge on any atom is -0.504 e. The monoisotopic (exact) mass is 403 g/mol. The van der Waals surface area contributed by atoms with Crippen molar-refractivity contribution < 1.29 is 14.6 Å². The van der Waals surface area contributed by atoms with Crippen LogP contribution >= 0.6 is 0 Å². The Balaban J connectivity index is 1.77. The number of rotatable bonds is 3. The van der Waals surface area contributed by atoms with E-state index >= 15 is 0 Å². The Kier molecular flexibility index (Phi) is 4.93. The van der Waals surface area contributed by atoms with Gasteiger partial charge in [-0.05, 0) is 61.4 Å². The Morgan fingerprint density at radius 1 is 1.17 bits per heavy atom. The molecule has 4 nitrogen and oxygen atoms in total. The van der Waals surface area contributed by atoms with Crippen molar-refractivity contribution in [2.75, 3.05) is 19.0 Å². The van der Waals surface area contributed by atoms with Gasteiger partial charge in [0.05, 0.1) is 12.7 Å². The number of nitrogens with one attached hydrogen (secondary N) is 1. The Hall–Kier alpha value is -2.88. The van der Waals surface area contributed by atoms with E-state index in [1.807, 2.05) is 6.07 Å². The highest BCUT2D eigenvalue weighted by atomic mass is 16.5. The maximum atomic E-state index is 10.5. The zero-order valence-corrected chi connectivity index (χ0v) is 17.7. The zero-order valence-electron chi connectivity index (χ0n) is 17.7. The van der Waals surface area contributed by atoms with Gasteiger partial charge in [-0.25, -0.2) is 0 Å². The molecule has 2 aromatic rings. The first kappa shape index (κ1) is 19.1. The van der Waals surface area contributed by atoms with Crippen LogP contribution in [0.5, 0.6) is 17.2 Å². The number of ether oxygens (including phenoxy) is 2. The number of fused-ring (bicyclic) bond motifs is 5. The fraction of sp³-hybridized carbons (Fsp3) is 0.385. The largest absolute Gasteiger partial charge is 0.504 e. The smallest absolute Gasteiger partial charge is 0.172 e. The molecule has 2 aromatic carbocycles. The lowest BCUT2D eigenvalue weighted by Gasteiger charge is -2.37. The lowest BCUT2D eigenvalue weighted by molar-refractivity contribution is 0.126. The van der Waals surface area contributed by atoms with Crippen molar-refractivity contribution in [1.82, 2.24) is 0 Å². The average molecular weight is 404 g/mol. The minimum absolute atomic E-state index is 0.0192. The Morgan fingerprint density at radius 2 is 2.07 bits per heavy atom. The normalized spacial score (nSPS) is 21.9. The van der Waals surface area contributed by atoms with Crippen LogP contribution in [0.25, 0.3) is 16.7 Å². The van der Waals surface area contributed by atoms with E-state index in [-0.39, 0.29) is 11.9 Å². The highest BCUT2D eigenvalue weighted by molar-refractivity contribution is 5.91. The number of phenolic OH excluding ortho intramolecular Hbond substituents is 1. The number of hydrogen-bond acceptors (Lipinski definition) is 4. The van der Waals surface area contributed by atoms with Gasteiger partial charge in [0, 0.05) is 29.3 Å². The summed E-state index contributed by atoms with van der Waals surface area (Å²) in [6.45, 7) is 3.07. The molecule has 0 saturated carbocycles. The van der Waals surface area contributed by atoms with Crippen molar-refractivity contribution in [2.45, 2.75) is 45.1 Å². The fourth-order valence-electron chi connectivity index (χ4n) is 5.25. The number of phenols is 1. The SMILES string of the molecule is CCC1=CCNc2ccc3c(c21)[C@H](C1CC=CCCC1)Oc1ccc(O)c(OC)c1-3. The summed E-state index contributed by atoms with van der Waals surface area (Å²) in [4.78, 5) is 0. The first-order chi connectivity index (χ1) is 14.7. The van der Waals surface area contributed by atoms with Crippen LogP contribution in [-0.2, 0) is 0 Å². The molecule has 2 atom stereocenters. The molecule has 30 heavy (non-hydrogen) atoms. The molecule has 2 aliphatic heterocycles. The molecule has 5 rings (SSSR count). The molecule has 2 heterocycles. The van der Waals surface area contributed by atoms with E-state index in [9.17, 15) is 5.11 Å². The molecule has 0 aromatic heterocycles. The summed E-state index contributed by atoms with van der Waals surface area (Å²) in [6.07, 6.45) is 12.4. The van der Waals surface area contributed by atoms with Gasteiger partial charge in [0.1, 0.15) is 11.9 Å². The van der Waals surface area contributed by atoms with E-state index in [1.165, 1.54) is 28.8 Å². The summed E-state index contributed by atoms with van der Waals surface area (Å²) in [5.74, 6) is 1.84. The second-order valence-corrected chi connectivity index (χ2v) is 8.34. The second kappa shape index (κ2) is 7.75. The summed E-state index contributed by atoms with van der Waals surface area (Å²) in [6, 6.07) is 7.88. The fourth-order valence-corrected chi connectivity index (χ4v) is 5.25. The third-order valence-corrected chi connectivity index (χ3v) is 6.68. The molecule has 0 radical (unpaired) electrons. The van der Waals surface area contributed by atoms with Crippen LogP contribution in [0.2, 0.25) is 0 Å². The molecule has 0 spiro atoms. The average Bonchev–Trinajstić information content (AvgIpc) is 3.07. The highest BCUT2D eigenvalue weighted by Gasteiger charge is 2.37. The molecule has 0 saturated heterocycles. The van der Waals surface area contributed by atoms with Crippen molar-refractivity contribution in [3.05, 3.63) is 53.6 Å². The molecular formula is C26H29NO3. The highest BCUT2D eigenvalue weighted by Crippen LogP contribution is 2.55. The van der Waals surface area contributed by atoms with Crippen LogP contribution in [0, 0.1) is 5.92 Å². The third kappa shape index (κ3) is 2.97. The summed E-state index contributed by atoms with van der Waals surface area (Å²) in [5, 5.41) is 14.0. The lowest BCUT2D eigenvalue weighted by atomic mass is 9.78. The third-order valence-electron chi connectivity index (χ3n) is 6.68. The summed E-state index contributed by atoms with van der Waals surface area (Å²) >= 11 is 0. The van der Waals surface area contributed by atoms with E-state index in [0.29, 0.717) is 11.7 Å². The summed E-state index contributed by atoms with van der Waals surface area (Å²) < 4.78 is 12.4. The van der Waals surface area contributed by atoms with Gasteiger partial charge in [0.2, 0.25) is 0 Å². The van der Waals surface area contributed by atoms with Gasteiger partial charge in [0.15, 0.2) is 11.5 Å². The quantitative estimate of drug-likeness (QED) is 0.577. The van der Waals surface area contributed by atoms with Gasteiger partial charge in [0.25, 0.3) is 0 Å². The predicted octanol–water partition coefficient (Wildman–Crippen LogP) is 6.47.